The Kier molecular flexibility index (Phi) is 7.14. The van der Waals surface area contributed by atoms with Crippen molar-refractivity contribution in [3.05, 3.63) is 57.8 Å². The summed E-state index contributed by atoms with van der Waals surface area (Å²) >= 11 is 0. The van der Waals surface area contributed by atoms with Crippen LogP contribution in [0.25, 0.3) is 10.9 Å². The summed E-state index contributed by atoms with van der Waals surface area (Å²) in [5.41, 5.74) is 3.71. The molecule has 8 heteroatoms. The van der Waals surface area contributed by atoms with Crippen molar-refractivity contribution < 1.29 is 4.79 Å². The van der Waals surface area contributed by atoms with Crippen LogP contribution in [0, 0.1) is 25.7 Å². The van der Waals surface area contributed by atoms with E-state index in [0.717, 1.165) is 35.3 Å². The fraction of sp³-hybridized carbons (Fsp3) is 0.536. The molecule has 3 aromatic rings. The van der Waals surface area contributed by atoms with E-state index in [4.69, 9.17) is 0 Å². The standard InChI is InChI=1S/C28H38N6O2/c1-18-8-9-33(16-21-4-5-21)23(10-18)15-32-27-28(36)34(20(3)13-31-27)17-26(35)30-14-22-6-7-25-24(11-22)19(2)12-29-25/h6-7,11-13,18,21,23,29H,4-5,8-10,14-17H2,1-3H3,(H,30,35)(H,31,32)/t18-,23-/m1/s1. The van der Waals surface area contributed by atoms with E-state index in [1.54, 1.807) is 6.20 Å². The average Bonchev–Trinajstić information content (AvgIpc) is 3.61. The van der Waals surface area contributed by atoms with E-state index in [2.05, 4.69) is 45.4 Å². The van der Waals surface area contributed by atoms with Crippen LogP contribution in [0.5, 0.6) is 0 Å². The van der Waals surface area contributed by atoms with Gasteiger partial charge in [-0.25, -0.2) is 4.98 Å². The van der Waals surface area contributed by atoms with Gasteiger partial charge in [-0.05, 0) is 81.2 Å². The number of H-pyrrole nitrogens is 1. The first kappa shape index (κ1) is 24.6. The number of rotatable bonds is 9. The zero-order valence-corrected chi connectivity index (χ0v) is 21.6. The Morgan fingerprint density at radius 1 is 1.22 bits per heavy atom. The predicted molar refractivity (Wildman–Crippen MR) is 143 cm³/mol. The Morgan fingerprint density at radius 2 is 2.06 bits per heavy atom. The highest BCUT2D eigenvalue weighted by molar-refractivity contribution is 5.83. The van der Waals surface area contributed by atoms with E-state index >= 15 is 0 Å². The Hall–Kier alpha value is -3.13. The number of carbonyl (C=O) groups excluding carboxylic acids is 1. The van der Waals surface area contributed by atoms with Gasteiger partial charge in [0.2, 0.25) is 5.91 Å². The van der Waals surface area contributed by atoms with Gasteiger partial charge in [0.25, 0.3) is 5.56 Å². The molecule has 1 aliphatic heterocycles. The van der Waals surface area contributed by atoms with E-state index in [0.29, 0.717) is 36.6 Å². The van der Waals surface area contributed by atoms with Crippen molar-refractivity contribution >= 4 is 22.6 Å². The summed E-state index contributed by atoms with van der Waals surface area (Å²) in [4.78, 5) is 36.2. The molecule has 1 aromatic carbocycles. The molecular formula is C28H38N6O2. The average molecular weight is 491 g/mol. The number of fused-ring (bicyclic) bond motifs is 1. The lowest BCUT2D eigenvalue weighted by Crippen LogP contribution is -2.47. The Bertz CT molecular complexity index is 1290. The van der Waals surface area contributed by atoms with Gasteiger partial charge < -0.3 is 15.6 Å². The van der Waals surface area contributed by atoms with Gasteiger partial charge in [0.05, 0.1) is 0 Å². The number of anilines is 1. The van der Waals surface area contributed by atoms with Crippen molar-refractivity contribution in [2.75, 3.05) is 25.0 Å². The molecule has 0 spiro atoms. The van der Waals surface area contributed by atoms with Crippen molar-refractivity contribution in [1.29, 1.82) is 0 Å². The molecule has 0 unspecified atom stereocenters. The second kappa shape index (κ2) is 10.5. The van der Waals surface area contributed by atoms with Crippen LogP contribution in [0.4, 0.5) is 5.82 Å². The largest absolute Gasteiger partial charge is 0.364 e. The summed E-state index contributed by atoms with van der Waals surface area (Å²) < 4.78 is 1.51. The van der Waals surface area contributed by atoms with Crippen molar-refractivity contribution in [3.8, 4) is 0 Å². The van der Waals surface area contributed by atoms with Crippen LogP contribution in [-0.2, 0) is 17.9 Å². The molecule has 2 fully saturated rings. The van der Waals surface area contributed by atoms with E-state index in [9.17, 15) is 9.59 Å². The molecule has 0 radical (unpaired) electrons. The number of aryl methyl sites for hydroxylation is 2. The number of hydrogen-bond donors (Lipinski definition) is 3. The highest BCUT2D eigenvalue weighted by Gasteiger charge is 2.31. The molecule has 3 heterocycles. The lowest BCUT2D eigenvalue weighted by molar-refractivity contribution is -0.121. The lowest BCUT2D eigenvalue weighted by Gasteiger charge is -2.38. The maximum Gasteiger partial charge on any atom is 0.293 e. The molecule has 5 rings (SSSR count). The van der Waals surface area contributed by atoms with Gasteiger partial charge in [-0.2, -0.15) is 0 Å². The van der Waals surface area contributed by atoms with E-state index < -0.39 is 0 Å². The minimum Gasteiger partial charge on any atom is -0.364 e. The fourth-order valence-corrected chi connectivity index (χ4v) is 5.31. The normalized spacial score (nSPS) is 20.5. The van der Waals surface area contributed by atoms with Crippen LogP contribution >= 0.6 is 0 Å². The molecule has 0 bridgehead atoms. The number of nitrogens with zero attached hydrogens (tertiary/aromatic N) is 3. The first-order valence-corrected chi connectivity index (χ1v) is 13.2. The number of likely N-dealkylation sites (tertiary alicyclic amines) is 1. The number of piperidine rings is 1. The second-order valence-electron chi connectivity index (χ2n) is 10.9. The summed E-state index contributed by atoms with van der Waals surface area (Å²) in [7, 11) is 0. The zero-order chi connectivity index (χ0) is 25.2. The summed E-state index contributed by atoms with van der Waals surface area (Å²) in [5, 5.41) is 7.44. The van der Waals surface area contributed by atoms with Crippen LogP contribution < -0.4 is 16.2 Å². The minimum absolute atomic E-state index is 0.0262. The van der Waals surface area contributed by atoms with Gasteiger partial charge in [-0.3, -0.25) is 19.1 Å². The summed E-state index contributed by atoms with van der Waals surface area (Å²) in [6.45, 7) is 9.58. The number of aromatic amines is 1. The third-order valence-electron chi connectivity index (χ3n) is 7.79. The monoisotopic (exact) mass is 490 g/mol. The summed E-state index contributed by atoms with van der Waals surface area (Å²) in [5.74, 6) is 1.68. The van der Waals surface area contributed by atoms with Crippen molar-refractivity contribution in [2.24, 2.45) is 11.8 Å². The van der Waals surface area contributed by atoms with Crippen LogP contribution in [-0.4, -0.2) is 51.0 Å². The SMILES string of the molecule is Cc1c[nH]c2ccc(CNC(=O)Cn3c(C)cnc(NC[C@H]4C[C@H](C)CCN4CC4CC4)c3=O)cc12. The van der Waals surface area contributed by atoms with Gasteiger partial charge in [-0.1, -0.05) is 13.0 Å². The maximum absolute atomic E-state index is 13.2. The third-order valence-corrected chi connectivity index (χ3v) is 7.79. The minimum atomic E-state index is -0.243. The van der Waals surface area contributed by atoms with Gasteiger partial charge in [0.15, 0.2) is 5.82 Å². The number of benzene rings is 1. The van der Waals surface area contributed by atoms with Crippen molar-refractivity contribution in [3.63, 3.8) is 0 Å². The van der Waals surface area contributed by atoms with Gasteiger partial charge in [0, 0.05) is 54.7 Å². The van der Waals surface area contributed by atoms with Gasteiger partial charge in [0.1, 0.15) is 6.54 Å². The molecule has 1 aliphatic carbocycles. The van der Waals surface area contributed by atoms with Gasteiger partial charge in [-0.15, -0.1) is 0 Å². The first-order chi connectivity index (χ1) is 17.4. The quantitative estimate of drug-likeness (QED) is 0.426. The smallest absolute Gasteiger partial charge is 0.293 e. The molecule has 2 aliphatic rings. The Morgan fingerprint density at radius 3 is 2.86 bits per heavy atom. The zero-order valence-electron chi connectivity index (χ0n) is 21.6. The third kappa shape index (κ3) is 5.64. The van der Waals surface area contributed by atoms with Crippen LogP contribution in [0.2, 0.25) is 0 Å². The molecule has 1 saturated carbocycles. The van der Waals surface area contributed by atoms with Crippen LogP contribution in [0.1, 0.15) is 49.4 Å². The second-order valence-corrected chi connectivity index (χ2v) is 10.9. The van der Waals surface area contributed by atoms with E-state index in [1.807, 2.05) is 25.3 Å². The van der Waals surface area contributed by atoms with Crippen molar-refractivity contribution in [1.82, 2.24) is 24.8 Å². The number of nitrogens with one attached hydrogen (secondary N) is 3. The lowest BCUT2D eigenvalue weighted by atomic mass is 9.92. The maximum atomic E-state index is 13.2. The summed E-state index contributed by atoms with van der Waals surface area (Å²) in [6, 6.07) is 6.53. The molecule has 192 valence electrons. The molecule has 8 nitrogen and oxygen atoms in total. The molecule has 1 saturated heterocycles. The first-order valence-electron chi connectivity index (χ1n) is 13.2. The Balaban J connectivity index is 1.21. The number of hydrogen-bond acceptors (Lipinski definition) is 5. The highest BCUT2D eigenvalue weighted by Crippen LogP contribution is 2.33. The van der Waals surface area contributed by atoms with Crippen LogP contribution in [0.15, 0.2) is 35.4 Å². The topological polar surface area (TPSA) is 95.0 Å². The number of amides is 1. The Labute approximate surface area is 212 Å². The summed E-state index contributed by atoms with van der Waals surface area (Å²) in [6.07, 6.45) is 8.72. The highest BCUT2D eigenvalue weighted by atomic mass is 16.2. The molecule has 2 atom stereocenters. The molecular weight excluding hydrogens is 452 g/mol. The van der Waals surface area contributed by atoms with Crippen LogP contribution in [0.3, 0.4) is 0 Å². The van der Waals surface area contributed by atoms with E-state index in [1.165, 1.54) is 35.9 Å². The molecule has 36 heavy (non-hydrogen) atoms. The molecule has 2 aromatic heterocycles. The fourth-order valence-electron chi connectivity index (χ4n) is 5.31. The van der Waals surface area contributed by atoms with Gasteiger partial charge >= 0.3 is 0 Å². The van der Waals surface area contributed by atoms with Crippen molar-refractivity contribution in [2.45, 2.75) is 65.6 Å². The number of carbonyl (C=O) groups is 1. The molecule has 1 amide bonds. The molecule has 3 N–H and O–H groups in total. The number of aromatic nitrogens is 3. The predicted octanol–water partition coefficient (Wildman–Crippen LogP) is 3.58. The van der Waals surface area contributed by atoms with E-state index in [-0.39, 0.29) is 18.0 Å².